The molecule has 0 saturated carbocycles. The lowest BCUT2D eigenvalue weighted by molar-refractivity contribution is -0.166. The number of carbonyl (C=O) groups is 4. The van der Waals surface area contributed by atoms with Crippen LogP contribution in [-0.4, -0.2) is 137 Å². The molecule has 2 N–H and O–H groups in total. The van der Waals surface area contributed by atoms with E-state index in [9.17, 15) is 29.4 Å². The van der Waals surface area contributed by atoms with E-state index < -0.39 is 61.0 Å². The molecule has 15 heteroatoms. The second-order valence-corrected chi connectivity index (χ2v) is 13.0. The SMILES string of the molecule is C=CCCC(=O)OCC(COCCC(C)C)OCC(O)COCC(COC(COC(=O)CCC=C)COC(=O)CCC=C)OCC(CO)OC(=O)CCC=C. The van der Waals surface area contributed by atoms with E-state index in [1.54, 1.807) is 24.3 Å². The molecule has 316 valence electrons. The second-order valence-electron chi connectivity index (χ2n) is 13.0. The summed E-state index contributed by atoms with van der Waals surface area (Å²) in [5, 5.41) is 20.5. The van der Waals surface area contributed by atoms with E-state index in [4.69, 9.17) is 42.6 Å². The molecule has 0 aliphatic rings. The van der Waals surface area contributed by atoms with Crippen molar-refractivity contribution in [2.75, 3.05) is 72.7 Å². The van der Waals surface area contributed by atoms with Crippen molar-refractivity contribution >= 4 is 23.9 Å². The Morgan fingerprint density at radius 2 is 0.927 bits per heavy atom. The Kier molecular flexibility index (Phi) is 32.8. The molecule has 0 aliphatic carbocycles. The summed E-state index contributed by atoms with van der Waals surface area (Å²) in [6.45, 7) is 17.3. The van der Waals surface area contributed by atoms with Crippen LogP contribution >= 0.6 is 0 Å². The van der Waals surface area contributed by atoms with Crippen molar-refractivity contribution in [2.45, 2.75) is 102 Å². The van der Waals surface area contributed by atoms with Gasteiger partial charge in [0.2, 0.25) is 0 Å². The zero-order valence-electron chi connectivity index (χ0n) is 32.9. The van der Waals surface area contributed by atoms with Crippen molar-refractivity contribution in [3.05, 3.63) is 50.6 Å². The van der Waals surface area contributed by atoms with Crippen LogP contribution in [0, 0.1) is 5.92 Å². The molecule has 55 heavy (non-hydrogen) atoms. The van der Waals surface area contributed by atoms with Crippen LogP contribution in [-0.2, 0) is 61.8 Å². The first-order valence-corrected chi connectivity index (χ1v) is 18.9. The number of carbonyl (C=O) groups excluding carboxylic acids is 4. The topological polar surface area (TPSA) is 192 Å². The first-order chi connectivity index (χ1) is 26.5. The van der Waals surface area contributed by atoms with Crippen LogP contribution in [0.5, 0.6) is 0 Å². The molecule has 4 unspecified atom stereocenters. The van der Waals surface area contributed by atoms with Crippen LogP contribution in [0.15, 0.2) is 50.6 Å². The van der Waals surface area contributed by atoms with Gasteiger partial charge in [0.15, 0.2) is 0 Å². The molecule has 0 amide bonds. The zero-order chi connectivity index (χ0) is 41.1. The lowest BCUT2D eigenvalue weighted by Crippen LogP contribution is -2.37. The average molecular weight is 787 g/mol. The largest absolute Gasteiger partial charge is 0.463 e. The molecular weight excluding hydrogens is 720 g/mol. The lowest BCUT2D eigenvalue weighted by atomic mass is 10.1. The first kappa shape index (κ1) is 51.6. The Hall–Kier alpha value is -3.44. The molecule has 0 radical (unpaired) electrons. The van der Waals surface area contributed by atoms with Gasteiger partial charge in [0.1, 0.15) is 50.3 Å². The summed E-state index contributed by atoms with van der Waals surface area (Å²) in [4.78, 5) is 48.5. The molecule has 0 aromatic heterocycles. The summed E-state index contributed by atoms with van der Waals surface area (Å²) >= 11 is 0. The van der Waals surface area contributed by atoms with Crippen molar-refractivity contribution in [1.82, 2.24) is 0 Å². The monoisotopic (exact) mass is 786 g/mol. The Morgan fingerprint density at radius 3 is 1.38 bits per heavy atom. The highest BCUT2D eigenvalue weighted by atomic mass is 16.6. The predicted molar refractivity (Wildman–Crippen MR) is 204 cm³/mol. The van der Waals surface area contributed by atoms with E-state index in [2.05, 4.69) is 40.2 Å². The molecule has 0 heterocycles. The van der Waals surface area contributed by atoms with E-state index in [1.807, 2.05) is 0 Å². The van der Waals surface area contributed by atoms with Crippen molar-refractivity contribution in [1.29, 1.82) is 0 Å². The van der Waals surface area contributed by atoms with Gasteiger partial charge in [-0.05, 0) is 38.0 Å². The minimum absolute atomic E-state index is 0.0586. The summed E-state index contributed by atoms with van der Waals surface area (Å²) in [6, 6.07) is 0. The molecule has 0 aromatic carbocycles. The number of rotatable bonds is 38. The van der Waals surface area contributed by atoms with E-state index >= 15 is 0 Å². The normalized spacial score (nSPS) is 13.3. The van der Waals surface area contributed by atoms with Crippen LogP contribution in [0.25, 0.3) is 0 Å². The predicted octanol–water partition coefficient (Wildman–Crippen LogP) is 3.98. The number of aliphatic hydroxyl groups excluding tert-OH is 2. The molecule has 0 spiro atoms. The number of esters is 4. The third-order valence-electron chi connectivity index (χ3n) is 7.32. The standard InChI is InChI=1S/C40H66O15/c1-7-11-15-37(43)52-28-34(24-47-20-19-31(5)6)49-23-32(42)22-48-25-35(50-26-33(21-41)55-40(46)18-14-10-4)27-51-36(29-53-38(44)16-12-8-2)30-54-39(45)17-13-9-3/h7-10,31-36,41-42H,1-4,11-30H2,5-6H3. The number of allylic oxidation sites excluding steroid dienone is 4. The van der Waals surface area contributed by atoms with Gasteiger partial charge >= 0.3 is 23.9 Å². The first-order valence-electron chi connectivity index (χ1n) is 18.9. The maximum atomic E-state index is 12.2. The van der Waals surface area contributed by atoms with Gasteiger partial charge in [-0.15, -0.1) is 26.3 Å². The average Bonchev–Trinajstić information content (AvgIpc) is 3.17. The van der Waals surface area contributed by atoms with Crippen molar-refractivity contribution < 1.29 is 72.0 Å². The number of aliphatic hydroxyl groups is 2. The maximum Gasteiger partial charge on any atom is 0.306 e. The molecule has 0 bridgehead atoms. The molecule has 0 aliphatic heterocycles. The maximum absolute atomic E-state index is 12.2. The summed E-state index contributed by atoms with van der Waals surface area (Å²) in [5.41, 5.74) is 0. The molecule has 4 atom stereocenters. The van der Waals surface area contributed by atoms with Crippen LogP contribution < -0.4 is 0 Å². The summed E-state index contributed by atoms with van der Waals surface area (Å²) in [6.07, 6.45) is 5.00. The fourth-order valence-electron chi connectivity index (χ4n) is 4.11. The van der Waals surface area contributed by atoms with Gasteiger partial charge < -0.3 is 52.8 Å². The van der Waals surface area contributed by atoms with Crippen molar-refractivity contribution in [2.24, 2.45) is 5.92 Å². The number of ether oxygens (including phenoxy) is 9. The van der Waals surface area contributed by atoms with Crippen LogP contribution in [0.2, 0.25) is 0 Å². The number of hydrogen-bond donors (Lipinski definition) is 2. The Morgan fingerprint density at radius 1 is 0.527 bits per heavy atom. The van der Waals surface area contributed by atoms with Crippen LogP contribution in [0.4, 0.5) is 0 Å². The smallest absolute Gasteiger partial charge is 0.306 e. The number of hydrogen-bond acceptors (Lipinski definition) is 15. The second kappa shape index (κ2) is 35.0. The van der Waals surface area contributed by atoms with Gasteiger partial charge in [-0.25, -0.2) is 0 Å². The molecule has 0 rings (SSSR count). The highest BCUT2D eigenvalue weighted by molar-refractivity contribution is 5.70. The van der Waals surface area contributed by atoms with Gasteiger partial charge in [0.25, 0.3) is 0 Å². The third kappa shape index (κ3) is 31.5. The third-order valence-corrected chi connectivity index (χ3v) is 7.32. The van der Waals surface area contributed by atoms with Crippen LogP contribution in [0.3, 0.4) is 0 Å². The Bertz CT molecular complexity index is 1050. The summed E-state index contributed by atoms with van der Waals surface area (Å²) < 4.78 is 50.4. The molecule has 0 fully saturated rings. The molecule has 15 nitrogen and oxygen atoms in total. The molecule has 0 saturated heterocycles. The van der Waals surface area contributed by atoms with E-state index in [0.717, 1.165) is 6.42 Å². The van der Waals surface area contributed by atoms with Gasteiger partial charge in [-0.2, -0.15) is 0 Å². The molecule has 0 aromatic rings. The van der Waals surface area contributed by atoms with E-state index in [0.29, 0.717) is 38.2 Å². The lowest BCUT2D eigenvalue weighted by Gasteiger charge is -2.25. The highest BCUT2D eigenvalue weighted by Gasteiger charge is 2.23. The zero-order valence-corrected chi connectivity index (χ0v) is 32.9. The van der Waals surface area contributed by atoms with Crippen LogP contribution in [0.1, 0.15) is 71.6 Å². The van der Waals surface area contributed by atoms with E-state index in [1.165, 1.54) is 0 Å². The Balaban J connectivity index is 5.52. The van der Waals surface area contributed by atoms with Gasteiger partial charge in [-0.3, -0.25) is 19.2 Å². The summed E-state index contributed by atoms with van der Waals surface area (Å²) in [7, 11) is 0. The highest BCUT2D eigenvalue weighted by Crippen LogP contribution is 2.09. The van der Waals surface area contributed by atoms with Crippen molar-refractivity contribution in [3.8, 4) is 0 Å². The van der Waals surface area contributed by atoms with Gasteiger partial charge in [-0.1, -0.05) is 38.2 Å². The van der Waals surface area contributed by atoms with Crippen molar-refractivity contribution in [3.63, 3.8) is 0 Å². The molecular formula is C40H66O15. The van der Waals surface area contributed by atoms with Gasteiger partial charge in [0, 0.05) is 32.3 Å². The minimum Gasteiger partial charge on any atom is -0.463 e. The quantitative estimate of drug-likeness (QED) is 0.0395. The Labute approximate surface area is 326 Å². The summed E-state index contributed by atoms with van der Waals surface area (Å²) in [5.74, 6) is -1.47. The minimum atomic E-state index is -1.09. The fraction of sp³-hybridized carbons (Fsp3) is 0.700. The van der Waals surface area contributed by atoms with Gasteiger partial charge in [0.05, 0.1) is 46.2 Å². The fourth-order valence-corrected chi connectivity index (χ4v) is 4.11. The van der Waals surface area contributed by atoms with E-state index in [-0.39, 0.29) is 85.1 Å².